The summed E-state index contributed by atoms with van der Waals surface area (Å²) in [6.07, 6.45) is 1.88. The van der Waals surface area contributed by atoms with Crippen LogP contribution in [0.4, 0.5) is 5.82 Å². The number of aromatic nitrogens is 4. The molecule has 0 fully saturated rings. The van der Waals surface area contributed by atoms with E-state index in [0.717, 1.165) is 16.9 Å². The molecule has 1 unspecified atom stereocenters. The molecule has 0 aliphatic carbocycles. The van der Waals surface area contributed by atoms with E-state index in [1.165, 1.54) is 0 Å². The van der Waals surface area contributed by atoms with Gasteiger partial charge < -0.3 is 9.84 Å². The first kappa shape index (κ1) is 15.1. The van der Waals surface area contributed by atoms with E-state index in [9.17, 15) is 0 Å². The van der Waals surface area contributed by atoms with Crippen LogP contribution in [0.5, 0.6) is 0 Å². The van der Waals surface area contributed by atoms with Gasteiger partial charge in [0.25, 0.3) is 5.89 Å². The van der Waals surface area contributed by atoms with Crippen LogP contribution in [-0.4, -0.2) is 19.9 Å². The average Bonchev–Trinajstić information content (AvgIpc) is 3.30. The number of benzene rings is 2. The zero-order valence-electron chi connectivity index (χ0n) is 13.7. The SMILES string of the molecule is Cn1ccc(NC(c2ccccc2)c2nc(-c3ccccc3)no2)n1. The predicted molar refractivity (Wildman–Crippen MR) is 94.8 cm³/mol. The molecule has 0 radical (unpaired) electrons. The molecule has 6 heteroatoms. The van der Waals surface area contributed by atoms with Crippen molar-refractivity contribution in [2.75, 3.05) is 5.32 Å². The normalized spacial score (nSPS) is 12.0. The van der Waals surface area contributed by atoms with E-state index in [-0.39, 0.29) is 6.04 Å². The summed E-state index contributed by atoms with van der Waals surface area (Å²) >= 11 is 0. The van der Waals surface area contributed by atoms with Crippen molar-refractivity contribution in [3.05, 3.63) is 84.4 Å². The van der Waals surface area contributed by atoms with Gasteiger partial charge in [0.1, 0.15) is 11.9 Å². The highest BCUT2D eigenvalue weighted by atomic mass is 16.5. The summed E-state index contributed by atoms with van der Waals surface area (Å²) in [5.41, 5.74) is 1.94. The monoisotopic (exact) mass is 331 g/mol. The Kier molecular flexibility index (Phi) is 4.00. The molecular formula is C19H17N5O. The molecule has 4 rings (SSSR count). The van der Waals surface area contributed by atoms with E-state index in [1.54, 1.807) is 4.68 Å². The van der Waals surface area contributed by atoms with Crippen molar-refractivity contribution in [2.45, 2.75) is 6.04 Å². The molecule has 124 valence electrons. The first-order chi connectivity index (χ1) is 12.3. The Morgan fingerprint density at radius 1 is 0.960 bits per heavy atom. The van der Waals surface area contributed by atoms with Crippen molar-refractivity contribution in [3.8, 4) is 11.4 Å². The topological polar surface area (TPSA) is 68.8 Å². The molecule has 0 spiro atoms. The van der Waals surface area contributed by atoms with Gasteiger partial charge in [-0.1, -0.05) is 65.8 Å². The number of aryl methyl sites for hydroxylation is 1. The summed E-state index contributed by atoms with van der Waals surface area (Å²) in [6.45, 7) is 0. The van der Waals surface area contributed by atoms with Gasteiger partial charge in [0.05, 0.1) is 0 Å². The Morgan fingerprint density at radius 2 is 1.68 bits per heavy atom. The second-order valence-electron chi connectivity index (χ2n) is 5.68. The van der Waals surface area contributed by atoms with Crippen molar-refractivity contribution in [1.82, 2.24) is 19.9 Å². The quantitative estimate of drug-likeness (QED) is 0.604. The van der Waals surface area contributed by atoms with E-state index in [2.05, 4.69) is 20.6 Å². The van der Waals surface area contributed by atoms with Crippen LogP contribution >= 0.6 is 0 Å². The van der Waals surface area contributed by atoms with Gasteiger partial charge in [0.2, 0.25) is 5.82 Å². The standard InChI is InChI=1S/C19H17N5O/c1-24-13-12-16(22-24)20-17(14-8-4-2-5-9-14)19-21-18(23-25-19)15-10-6-3-7-11-15/h2-13,17H,1H3,(H,20,22). The molecule has 0 amide bonds. The van der Waals surface area contributed by atoms with E-state index >= 15 is 0 Å². The zero-order chi connectivity index (χ0) is 17.1. The van der Waals surface area contributed by atoms with Crippen molar-refractivity contribution in [2.24, 2.45) is 7.05 Å². The van der Waals surface area contributed by atoms with Gasteiger partial charge in [0, 0.05) is 24.9 Å². The van der Waals surface area contributed by atoms with E-state index in [4.69, 9.17) is 4.52 Å². The lowest BCUT2D eigenvalue weighted by molar-refractivity contribution is 0.372. The highest BCUT2D eigenvalue weighted by Gasteiger charge is 2.22. The minimum Gasteiger partial charge on any atom is -0.353 e. The molecular weight excluding hydrogens is 314 g/mol. The molecule has 25 heavy (non-hydrogen) atoms. The number of hydrogen-bond acceptors (Lipinski definition) is 5. The van der Waals surface area contributed by atoms with Gasteiger partial charge in [-0.05, 0) is 5.56 Å². The highest BCUT2D eigenvalue weighted by molar-refractivity contribution is 5.54. The fraction of sp³-hybridized carbons (Fsp3) is 0.105. The highest BCUT2D eigenvalue weighted by Crippen LogP contribution is 2.26. The molecule has 1 N–H and O–H groups in total. The second kappa shape index (κ2) is 6.60. The largest absolute Gasteiger partial charge is 0.353 e. The zero-order valence-corrected chi connectivity index (χ0v) is 13.7. The molecule has 0 bridgehead atoms. The molecule has 0 saturated heterocycles. The van der Waals surface area contributed by atoms with Crippen LogP contribution in [0, 0.1) is 0 Å². The number of nitrogens with zero attached hydrogens (tertiary/aromatic N) is 4. The molecule has 0 saturated carbocycles. The minimum atomic E-state index is -0.277. The maximum atomic E-state index is 5.56. The van der Waals surface area contributed by atoms with Crippen LogP contribution in [0.25, 0.3) is 11.4 Å². The number of rotatable bonds is 5. The Hall–Kier alpha value is -3.41. The van der Waals surface area contributed by atoms with Gasteiger partial charge >= 0.3 is 0 Å². The number of hydrogen-bond donors (Lipinski definition) is 1. The van der Waals surface area contributed by atoms with Gasteiger partial charge in [-0.3, -0.25) is 4.68 Å². The van der Waals surface area contributed by atoms with Crippen molar-refractivity contribution < 1.29 is 4.52 Å². The third-order valence-corrected chi connectivity index (χ3v) is 3.86. The molecule has 4 aromatic rings. The number of nitrogens with one attached hydrogen (secondary N) is 1. The van der Waals surface area contributed by atoms with Crippen LogP contribution < -0.4 is 5.32 Å². The molecule has 2 aromatic carbocycles. The fourth-order valence-electron chi connectivity index (χ4n) is 2.63. The molecule has 6 nitrogen and oxygen atoms in total. The minimum absolute atomic E-state index is 0.277. The Balaban J connectivity index is 1.70. The van der Waals surface area contributed by atoms with E-state index < -0.39 is 0 Å². The van der Waals surface area contributed by atoms with Crippen molar-refractivity contribution >= 4 is 5.82 Å². The van der Waals surface area contributed by atoms with Crippen molar-refractivity contribution in [1.29, 1.82) is 0 Å². The van der Waals surface area contributed by atoms with Gasteiger partial charge in [0.15, 0.2) is 0 Å². The molecule has 2 heterocycles. The summed E-state index contributed by atoms with van der Waals surface area (Å²) in [7, 11) is 1.88. The Labute approximate surface area is 145 Å². The summed E-state index contributed by atoms with van der Waals surface area (Å²) < 4.78 is 7.30. The summed E-state index contributed by atoms with van der Waals surface area (Å²) in [5, 5.41) is 11.9. The fourth-order valence-corrected chi connectivity index (χ4v) is 2.63. The third-order valence-electron chi connectivity index (χ3n) is 3.86. The molecule has 1 atom stereocenters. The second-order valence-corrected chi connectivity index (χ2v) is 5.68. The van der Waals surface area contributed by atoms with Gasteiger partial charge in [-0.25, -0.2) is 0 Å². The van der Waals surface area contributed by atoms with Crippen LogP contribution in [0.3, 0.4) is 0 Å². The maximum absolute atomic E-state index is 5.56. The van der Waals surface area contributed by atoms with E-state index in [1.807, 2.05) is 80.0 Å². The maximum Gasteiger partial charge on any atom is 0.254 e. The van der Waals surface area contributed by atoms with E-state index in [0.29, 0.717) is 11.7 Å². The number of anilines is 1. The van der Waals surface area contributed by atoms with Crippen LogP contribution in [0.15, 0.2) is 77.4 Å². The lowest BCUT2D eigenvalue weighted by Crippen LogP contribution is -2.13. The summed E-state index contributed by atoms with van der Waals surface area (Å²) in [5.74, 6) is 1.81. The lowest BCUT2D eigenvalue weighted by Gasteiger charge is -2.14. The van der Waals surface area contributed by atoms with Crippen LogP contribution in [-0.2, 0) is 7.05 Å². The van der Waals surface area contributed by atoms with Crippen LogP contribution in [0.2, 0.25) is 0 Å². The predicted octanol–water partition coefficient (Wildman–Crippen LogP) is 3.67. The average molecular weight is 331 g/mol. The first-order valence-electron chi connectivity index (χ1n) is 8.00. The Bertz CT molecular complexity index is 946. The summed E-state index contributed by atoms with van der Waals surface area (Å²) in [6, 6.07) is 21.4. The first-order valence-corrected chi connectivity index (χ1v) is 8.00. The molecule has 0 aliphatic rings. The molecule has 0 aliphatic heterocycles. The summed E-state index contributed by atoms with van der Waals surface area (Å²) in [4.78, 5) is 4.59. The van der Waals surface area contributed by atoms with Crippen molar-refractivity contribution in [3.63, 3.8) is 0 Å². The Morgan fingerprint density at radius 3 is 2.36 bits per heavy atom. The lowest BCUT2D eigenvalue weighted by atomic mass is 10.1. The molecule has 2 aromatic heterocycles. The third kappa shape index (κ3) is 3.28. The smallest absolute Gasteiger partial charge is 0.254 e. The van der Waals surface area contributed by atoms with Gasteiger partial charge in [-0.15, -0.1) is 0 Å². The van der Waals surface area contributed by atoms with Crippen LogP contribution in [0.1, 0.15) is 17.5 Å². The van der Waals surface area contributed by atoms with Gasteiger partial charge in [-0.2, -0.15) is 10.1 Å².